The van der Waals surface area contributed by atoms with Crippen molar-refractivity contribution < 1.29 is 18.7 Å². The smallest absolute Gasteiger partial charge is 0.439 e. The minimum atomic E-state index is -0.701. The van der Waals surface area contributed by atoms with E-state index in [1.165, 1.54) is 12.8 Å². The summed E-state index contributed by atoms with van der Waals surface area (Å²) in [5.41, 5.74) is 8.84. The zero-order valence-corrected chi connectivity index (χ0v) is 25.5. The number of nitrogen functional groups attached to an aromatic ring is 1. The summed E-state index contributed by atoms with van der Waals surface area (Å²) in [5, 5.41) is 9.07. The third kappa shape index (κ3) is 6.67. The summed E-state index contributed by atoms with van der Waals surface area (Å²) in [5.74, 6) is 1.63. The van der Waals surface area contributed by atoms with Gasteiger partial charge in [-0.15, -0.1) is 0 Å². The molecule has 6 rings (SSSR count). The van der Waals surface area contributed by atoms with Gasteiger partial charge in [0, 0.05) is 30.8 Å². The van der Waals surface area contributed by atoms with Crippen LogP contribution in [0.25, 0.3) is 22.9 Å². The fourth-order valence-electron chi connectivity index (χ4n) is 6.67. The summed E-state index contributed by atoms with van der Waals surface area (Å²) in [6, 6.07) is 5.72. The fourth-order valence-corrected chi connectivity index (χ4v) is 6.90. The molecule has 0 spiro atoms. The highest BCUT2D eigenvalue weighted by Gasteiger charge is 2.41. The lowest BCUT2D eigenvalue weighted by Crippen LogP contribution is -2.58. The maximum Gasteiger partial charge on any atom is 0.439 e. The van der Waals surface area contributed by atoms with Gasteiger partial charge < -0.3 is 19.9 Å². The molecule has 3 aliphatic rings. The van der Waals surface area contributed by atoms with E-state index >= 15 is 0 Å². The zero-order chi connectivity index (χ0) is 29.9. The minimum absolute atomic E-state index is 0.0955. The fraction of sp³-hybridized carbons (Fsp3) is 0.600. The van der Waals surface area contributed by atoms with Crippen LogP contribution in [-0.4, -0.2) is 77.3 Å². The van der Waals surface area contributed by atoms with Gasteiger partial charge in [0.1, 0.15) is 23.7 Å². The number of nitrogens with two attached hydrogens (primary N) is 1. The molecule has 0 radical (unpaired) electrons. The molecule has 3 N–H and O–H groups in total. The van der Waals surface area contributed by atoms with Crippen molar-refractivity contribution in [1.82, 2.24) is 25.1 Å². The SMILES string of the molecule is COCCOc1cc(Cl)cc(-c2nc(-c3noc(=O)[nH]3)nc(N)c2N(CC2CCC(C)CC2)N2CCOC3CCCC32)c1. The van der Waals surface area contributed by atoms with E-state index in [1.807, 2.05) is 12.1 Å². The molecule has 3 heterocycles. The number of H-pyrrole nitrogens is 1. The van der Waals surface area contributed by atoms with E-state index in [4.69, 9.17) is 41.1 Å². The van der Waals surface area contributed by atoms with E-state index in [1.54, 1.807) is 13.2 Å². The van der Waals surface area contributed by atoms with Gasteiger partial charge >= 0.3 is 5.76 Å². The zero-order valence-electron chi connectivity index (χ0n) is 24.8. The monoisotopic (exact) mass is 613 g/mol. The largest absolute Gasteiger partial charge is 0.491 e. The van der Waals surface area contributed by atoms with Gasteiger partial charge in [-0.25, -0.2) is 19.8 Å². The summed E-state index contributed by atoms with van der Waals surface area (Å²) in [6.45, 7) is 5.30. The molecule has 1 aromatic carbocycles. The molecule has 2 aliphatic carbocycles. The van der Waals surface area contributed by atoms with Crippen molar-refractivity contribution in [3.05, 3.63) is 33.8 Å². The molecule has 3 aromatic rings. The van der Waals surface area contributed by atoms with E-state index in [9.17, 15) is 4.79 Å². The van der Waals surface area contributed by atoms with Crippen LogP contribution in [0.3, 0.4) is 0 Å². The summed E-state index contributed by atoms with van der Waals surface area (Å²) >= 11 is 6.63. The molecule has 2 saturated carbocycles. The second kappa shape index (κ2) is 13.2. The number of ether oxygens (including phenoxy) is 3. The first-order valence-electron chi connectivity index (χ1n) is 15.2. The molecule has 0 bridgehead atoms. The van der Waals surface area contributed by atoms with Crippen LogP contribution in [0.2, 0.25) is 5.02 Å². The Hall–Kier alpha value is -3.19. The first kappa shape index (κ1) is 29.9. The Bertz CT molecular complexity index is 1460. The van der Waals surface area contributed by atoms with Crippen molar-refractivity contribution in [1.29, 1.82) is 0 Å². The summed E-state index contributed by atoms with van der Waals surface area (Å²) in [4.78, 5) is 24.0. The highest BCUT2D eigenvalue weighted by atomic mass is 35.5. The van der Waals surface area contributed by atoms with Crippen LogP contribution in [0, 0.1) is 11.8 Å². The van der Waals surface area contributed by atoms with Crippen molar-refractivity contribution in [3.8, 4) is 28.7 Å². The van der Waals surface area contributed by atoms with Crippen LogP contribution in [0.15, 0.2) is 27.5 Å². The lowest BCUT2D eigenvalue weighted by atomic mass is 9.83. The van der Waals surface area contributed by atoms with Gasteiger partial charge in [-0.05, 0) is 62.1 Å². The highest BCUT2D eigenvalue weighted by molar-refractivity contribution is 6.31. The molecule has 3 fully saturated rings. The van der Waals surface area contributed by atoms with Gasteiger partial charge in [0.05, 0.1) is 25.4 Å². The number of aromatic amines is 1. The Morgan fingerprint density at radius 1 is 1.14 bits per heavy atom. The number of nitrogens with zero attached hydrogens (tertiary/aromatic N) is 5. The Morgan fingerprint density at radius 3 is 2.74 bits per heavy atom. The first-order valence-corrected chi connectivity index (χ1v) is 15.6. The predicted octanol–water partition coefficient (Wildman–Crippen LogP) is 4.55. The Balaban J connectivity index is 1.49. The quantitative estimate of drug-likeness (QED) is 0.311. The first-order chi connectivity index (χ1) is 20.9. The topological polar surface area (TPSA) is 145 Å². The van der Waals surface area contributed by atoms with E-state index in [0.717, 1.165) is 51.1 Å². The third-order valence-corrected chi connectivity index (χ3v) is 9.07. The molecule has 43 heavy (non-hydrogen) atoms. The molecule has 2 aromatic heterocycles. The molecule has 1 aliphatic heterocycles. The normalized spacial score (nSPS) is 24.2. The molecule has 12 nitrogen and oxygen atoms in total. The van der Waals surface area contributed by atoms with Crippen molar-refractivity contribution in [2.24, 2.45) is 11.8 Å². The van der Waals surface area contributed by atoms with Gasteiger partial charge in [-0.2, -0.15) is 0 Å². The van der Waals surface area contributed by atoms with Crippen LogP contribution in [0.1, 0.15) is 51.9 Å². The third-order valence-electron chi connectivity index (χ3n) is 8.85. The molecular weight excluding hydrogens is 574 g/mol. The van der Waals surface area contributed by atoms with Gasteiger partial charge in [-0.1, -0.05) is 36.5 Å². The molecule has 2 atom stereocenters. The Morgan fingerprint density at radius 2 is 1.98 bits per heavy atom. The number of hydrazine groups is 1. The number of morpholine rings is 1. The molecule has 2 unspecified atom stereocenters. The van der Waals surface area contributed by atoms with Gasteiger partial charge in [-0.3, -0.25) is 14.5 Å². The van der Waals surface area contributed by atoms with Crippen molar-refractivity contribution in [2.75, 3.05) is 50.8 Å². The number of aromatic nitrogens is 4. The second-order valence-electron chi connectivity index (χ2n) is 11.9. The second-order valence-corrected chi connectivity index (χ2v) is 12.3. The van der Waals surface area contributed by atoms with Crippen LogP contribution in [0.5, 0.6) is 5.75 Å². The van der Waals surface area contributed by atoms with Crippen molar-refractivity contribution in [3.63, 3.8) is 0 Å². The number of anilines is 2. The van der Waals surface area contributed by atoms with E-state index in [0.29, 0.717) is 53.5 Å². The number of methoxy groups -OCH3 is 1. The lowest BCUT2D eigenvalue weighted by Gasteiger charge is -2.47. The molecule has 232 valence electrons. The maximum atomic E-state index is 11.8. The molecule has 13 heteroatoms. The maximum absolute atomic E-state index is 11.8. The number of rotatable bonds is 10. The van der Waals surface area contributed by atoms with E-state index < -0.39 is 5.76 Å². The summed E-state index contributed by atoms with van der Waals surface area (Å²) < 4.78 is 22.1. The predicted molar refractivity (Wildman–Crippen MR) is 163 cm³/mol. The van der Waals surface area contributed by atoms with Crippen LogP contribution >= 0.6 is 11.6 Å². The van der Waals surface area contributed by atoms with E-state index in [-0.39, 0.29) is 29.6 Å². The van der Waals surface area contributed by atoms with Gasteiger partial charge in [0.15, 0.2) is 5.82 Å². The molecule has 1 saturated heterocycles. The number of halogens is 1. The number of hydrogen-bond donors (Lipinski definition) is 2. The molecular formula is C30H40ClN7O5. The van der Waals surface area contributed by atoms with Gasteiger partial charge in [0.25, 0.3) is 0 Å². The standard InChI is InChI=1S/C30H40ClN7O5/c1-18-6-8-19(9-7-18)17-38(37-10-11-42-24-5-3-4-23(24)37)26-25(20-14-21(31)16-22(15-20)41-13-12-40-2)33-28(34-27(26)32)29-35-30(39)43-36-29/h14-16,18-19,23-24H,3-13,17H2,1-2H3,(H2,32,33,34)(H,35,36,39). The van der Waals surface area contributed by atoms with Crippen LogP contribution in [0.4, 0.5) is 11.5 Å². The molecule has 0 amide bonds. The Labute approximate surface area is 255 Å². The van der Waals surface area contributed by atoms with Crippen molar-refractivity contribution >= 4 is 23.1 Å². The van der Waals surface area contributed by atoms with Crippen LogP contribution < -0.4 is 21.2 Å². The lowest BCUT2D eigenvalue weighted by molar-refractivity contribution is -0.0617. The number of benzene rings is 1. The Kier molecular flexibility index (Phi) is 9.17. The summed E-state index contributed by atoms with van der Waals surface area (Å²) in [7, 11) is 1.63. The average Bonchev–Trinajstić information content (AvgIpc) is 3.66. The number of nitrogens with one attached hydrogen (secondary N) is 1. The highest BCUT2D eigenvalue weighted by Crippen LogP contribution is 2.42. The number of fused-ring (bicyclic) bond motifs is 1. The van der Waals surface area contributed by atoms with Crippen LogP contribution in [-0.2, 0) is 9.47 Å². The van der Waals surface area contributed by atoms with Crippen molar-refractivity contribution in [2.45, 2.75) is 64.0 Å². The average molecular weight is 614 g/mol. The van der Waals surface area contributed by atoms with Gasteiger partial charge in [0.2, 0.25) is 11.6 Å². The minimum Gasteiger partial charge on any atom is -0.491 e. The number of hydrogen-bond acceptors (Lipinski definition) is 11. The summed E-state index contributed by atoms with van der Waals surface area (Å²) in [6.07, 6.45) is 8.12. The van der Waals surface area contributed by atoms with E-state index in [2.05, 4.69) is 32.1 Å².